The molecule has 31 heavy (non-hydrogen) atoms. The monoisotopic (exact) mass is 444 g/mol. The number of fused-ring (bicyclic) bond motifs is 1. The second-order valence-corrected chi connectivity index (χ2v) is 9.20. The van der Waals surface area contributed by atoms with Gasteiger partial charge in [-0.1, -0.05) is 11.3 Å². The van der Waals surface area contributed by atoms with Crippen molar-refractivity contribution in [3.63, 3.8) is 0 Å². The van der Waals surface area contributed by atoms with Crippen LogP contribution in [0.4, 0.5) is 17.5 Å². The maximum Gasteiger partial charge on any atom is 0.230 e. The minimum absolute atomic E-state index is 0.101. The number of hydrogen-bond donors (Lipinski definition) is 3. The van der Waals surface area contributed by atoms with Gasteiger partial charge in [0.05, 0.1) is 31.7 Å². The van der Waals surface area contributed by atoms with E-state index in [0.717, 1.165) is 61.0 Å². The van der Waals surface area contributed by atoms with Crippen molar-refractivity contribution in [2.75, 3.05) is 36.9 Å². The molecule has 0 atom stereocenters. The van der Waals surface area contributed by atoms with Crippen LogP contribution in [0.2, 0.25) is 0 Å². The number of nitrogens with zero attached hydrogens (tertiary/aromatic N) is 6. The van der Waals surface area contributed by atoms with Crippen LogP contribution in [-0.4, -0.2) is 73.1 Å². The van der Waals surface area contributed by atoms with Gasteiger partial charge in [-0.2, -0.15) is 15.1 Å². The zero-order valence-corrected chi connectivity index (χ0v) is 18.4. The Hall–Kier alpha value is -2.34. The van der Waals surface area contributed by atoms with Crippen molar-refractivity contribution in [2.45, 2.75) is 44.4 Å². The molecule has 3 aromatic heterocycles. The van der Waals surface area contributed by atoms with Gasteiger partial charge < -0.3 is 20.5 Å². The van der Waals surface area contributed by atoms with Gasteiger partial charge >= 0.3 is 0 Å². The molecule has 0 aromatic carbocycles. The van der Waals surface area contributed by atoms with Crippen LogP contribution in [0.3, 0.4) is 0 Å². The third-order valence-corrected chi connectivity index (χ3v) is 6.93. The Morgan fingerprint density at radius 3 is 2.68 bits per heavy atom. The molecule has 10 nitrogen and oxygen atoms in total. The minimum Gasteiger partial charge on any atom is -0.389 e. The number of aromatic nitrogens is 5. The van der Waals surface area contributed by atoms with Crippen molar-refractivity contribution in [3.8, 4) is 0 Å². The summed E-state index contributed by atoms with van der Waals surface area (Å²) in [6, 6.07) is 0.997. The number of morpholine rings is 1. The summed E-state index contributed by atoms with van der Waals surface area (Å²) in [5.41, 5.74) is 1.55. The highest BCUT2D eigenvalue weighted by Gasteiger charge is 2.27. The van der Waals surface area contributed by atoms with Gasteiger partial charge in [0, 0.05) is 38.4 Å². The first-order valence-electron chi connectivity index (χ1n) is 10.8. The normalized spacial score (nSPS) is 22.6. The van der Waals surface area contributed by atoms with Gasteiger partial charge in [0.2, 0.25) is 5.95 Å². The van der Waals surface area contributed by atoms with Crippen LogP contribution < -0.4 is 10.6 Å². The number of hydrogen-bond acceptors (Lipinski definition) is 10. The van der Waals surface area contributed by atoms with Crippen molar-refractivity contribution < 1.29 is 9.84 Å². The third-order valence-electron chi connectivity index (χ3n) is 6.00. The Morgan fingerprint density at radius 1 is 1.16 bits per heavy atom. The van der Waals surface area contributed by atoms with E-state index in [1.807, 2.05) is 13.2 Å². The molecule has 0 bridgehead atoms. The smallest absolute Gasteiger partial charge is 0.230 e. The topological polar surface area (TPSA) is 113 Å². The predicted molar refractivity (Wildman–Crippen MR) is 120 cm³/mol. The van der Waals surface area contributed by atoms with E-state index in [0.29, 0.717) is 23.0 Å². The highest BCUT2D eigenvalue weighted by molar-refractivity contribution is 7.18. The highest BCUT2D eigenvalue weighted by atomic mass is 32.1. The maximum absolute atomic E-state index is 9.55. The van der Waals surface area contributed by atoms with Crippen LogP contribution in [0, 0.1) is 0 Å². The van der Waals surface area contributed by atoms with E-state index in [9.17, 15) is 5.11 Å². The van der Waals surface area contributed by atoms with Crippen LogP contribution in [0.1, 0.15) is 30.7 Å². The Kier molecular flexibility index (Phi) is 5.99. The Morgan fingerprint density at radius 2 is 1.97 bits per heavy atom. The summed E-state index contributed by atoms with van der Waals surface area (Å²) < 4.78 is 7.22. The standard InChI is InChI=1S/C20H28N8O2S/c1-27-11-14(10-21-27)23-20-25-18(17-19(26-20)31-16(12-29)24-17)22-13-2-4-15(5-3-13)28-6-8-30-9-7-28/h10-11,13,15,29H,2-9,12H2,1H3,(H2,22,23,25,26). The van der Waals surface area contributed by atoms with Crippen molar-refractivity contribution in [2.24, 2.45) is 7.05 Å². The molecule has 0 radical (unpaired) electrons. The van der Waals surface area contributed by atoms with Gasteiger partial charge in [-0.3, -0.25) is 9.58 Å². The number of thiazole rings is 1. The van der Waals surface area contributed by atoms with Gasteiger partial charge in [0.25, 0.3) is 0 Å². The van der Waals surface area contributed by atoms with Crippen molar-refractivity contribution in [1.82, 2.24) is 29.6 Å². The van der Waals surface area contributed by atoms with Crippen LogP contribution in [0.5, 0.6) is 0 Å². The summed E-state index contributed by atoms with van der Waals surface area (Å²) in [4.78, 5) is 17.2. The molecule has 11 heteroatoms. The van der Waals surface area contributed by atoms with Gasteiger partial charge in [-0.15, -0.1) is 0 Å². The van der Waals surface area contributed by atoms with Gasteiger partial charge in [-0.05, 0) is 25.7 Å². The zero-order chi connectivity index (χ0) is 21.2. The summed E-state index contributed by atoms with van der Waals surface area (Å²) in [5.74, 6) is 1.22. The molecular formula is C20H28N8O2S. The van der Waals surface area contributed by atoms with Crippen molar-refractivity contribution >= 4 is 39.1 Å². The lowest BCUT2D eigenvalue weighted by atomic mass is 9.90. The molecule has 1 aliphatic carbocycles. The lowest BCUT2D eigenvalue weighted by molar-refractivity contribution is 0.00791. The lowest BCUT2D eigenvalue weighted by Crippen LogP contribution is -2.46. The molecule has 2 aliphatic rings. The molecule has 3 N–H and O–H groups in total. The number of ether oxygens (including phenoxy) is 1. The molecule has 4 heterocycles. The van der Waals surface area contributed by atoms with Crippen LogP contribution in [0.25, 0.3) is 10.3 Å². The molecule has 1 saturated carbocycles. The second-order valence-electron chi connectivity index (χ2n) is 8.14. The van der Waals surface area contributed by atoms with Gasteiger partial charge in [-0.25, -0.2) is 4.98 Å². The van der Waals surface area contributed by atoms with Crippen molar-refractivity contribution in [1.29, 1.82) is 0 Å². The average molecular weight is 445 g/mol. The molecule has 5 rings (SSSR count). The lowest BCUT2D eigenvalue weighted by Gasteiger charge is -2.39. The number of aliphatic hydroxyl groups excluding tert-OH is 1. The minimum atomic E-state index is -0.101. The van der Waals surface area contributed by atoms with Crippen LogP contribution in [-0.2, 0) is 18.4 Å². The molecule has 1 aliphatic heterocycles. The molecule has 2 fully saturated rings. The van der Waals surface area contributed by atoms with E-state index >= 15 is 0 Å². The van der Waals surface area contributed by atoms with E-state index in [4.69, 9.17) is 9.72 Å². The number of rotatable bonds is 6. The predicted octanol–water partition coefficient (Wildman–Crippen LogP) is 2.11. The summed E-state index contributed by atoms with van der Waals surface area (Å²) in [6.45, 7) is 3.68. The molecule has 0 spiro atoms. The summed E-state index contributed by atoms with van der Waals surface area (Å²) in [5, 5.41) is 21.2. The number of aryl methyl sites for hydroxylation is 1. The quantitative estimate of drug-likeness (QED) is 0.526. The van der Waals surface area contributed by atoms with E-state index in [2.05, 4.69) is 30.6 Å². The number of anilines is 3. The molecule has 1 saturated heterocycles. The Balaban J connectivity index is 1.32. The summed E-state index contributed by atoms with van der Waals surface area (Å²) in [6.07, 6.45) is 8.14. The Labute approximate surface area is 184 Å². The first kappa shape index (κ1) is 20.6. The maximum atomic E-state index is 9.55. The summed E-state index contributed by atoms with van der Waals surface area (Å²) in [7, 11) is 1.87. The largest absolute Gasteiger partial charge is 0.389 e. The average Bonchev–Trinajstić information content (AvgIpc) is 3.40. The molecule has 3 aromatic rings. The SMILES string of the molecule is Cn1cc(Nc2nc(NC3CCC(N4CCOCC4)CC3)c3nc(CO)sc3n2)cn1. The van der Waals surface area contributed by atoms with Gasteiger partial charge in [0.1, 0.15) is 10.5 Å². The van der Waals surface area contributed by atoms with Crippen LogP contribution >= 0.6 is 11.3 Å². The van der Waals surface area contributed by atoms with E-state index in [1.54, 1.807) is 10.9 Å². The molecular weight excluding hydrogens is 416 g/mol. The number of aliphatic hydroxyl groups is 1. The molecule has 166 valence electrons. The van der Waals surface area contributed by atoms with Gasteiger partial charge in [0.15, 0.2) is 10.6 Å². The molecule has 0 amide bonds. The molecule has 0 unspecified atom stereocenters. The fourth-order valence-corrected chi connectivity index (χ4v) is 5.22. The fourth-order valence-electron chi connectivity index (χ4n) is 4.43. The van der Waals surface area contributed by atoms with E-state index in [1.165, 1.54) is 24.2 Å². The Bertz CT molecular complexity index is 1020. The highest BCUT2D eigenvalue weighted by Crippen LogP contribution is 2.31. The summed E-state index contributed by atoms with van der Waals surface area (Å²) >= 11 is 1.39. The first-order valence-corrected chi connectivity index (χ1v) is 11.6. The second kappa shape index (κ2) is 9.03. The number of nitrogens with one attached hydrogen (secondary N) is 2. The first-order chi connectivity index (χ1) is 15.2. The van der Waals surface area contributed by atoms with Crippen LogP contribution in [0.15, 0.2) is 12.4 Å². The zero-order valence-electron chi connectivity index (χ0n) is 17.6. The van der Waals surface area contributed by atoms with Crippen molar-refractivity contribution in [3.05, 3.63) is 17.4 Å². The van der Waals surface area contributed by atoms with E-state index < -0.39 is 0 Å². The fraction of sp³-hybridized carbons (Fsp3) is 0.600. The van der Waals surface area contributed by atoms with E-state index in [-0.39, 0.29) is 6.61 Å². The third kappa shape index (κ3) is 4.64.